The van der Waals surface area contributed by atoms with Crippen LogP contribution in [0.3, 0.4) is 0 Å². The highest BCUT2D eigenvalue weighted by atomic mass is 16.5. The molecule has 178 valence electrons. The summed E-state index contributed by atoms with van der Waals surface area (Å²) in [7, 11) is 1.66. The van der Waals surface area contributed by atoms with Crippen LogP contribution in [0, 0.1) is 0 Å². The van der Waals surface area contributed by atoms with Crippen LogP contribution in [0.25, 0.3) is 22.0 Å². The van der Waals surface area contributed by atoms with Crippen LogP contribution in [0.1, 0.15) is 6.42 Å². The molecule has 2 saturated heterocycles. The van der Waals surface area contributed by atoms with Gasteiger partial charge in [0.05, 0.1) is 25.8 Å². The maximum absolute atomic E-state index is 12.9. The Morgan fingerprint density at radius 3 is 2.50 bits per heavy atom. The average molecular weight is 463 g/mol. The van der Waals surface area contributed by atoms with E-state index in [-0.39, 0.29) is 6.03 Å². The number of aromatic nitrogens is 2. The van der Waals surface area contributed by atoms with Gasteiger partial charge in [0.15, 0.2) is 0 Å². The molecule has 0 radical (unpaired) electrons. The lowest BCUT2D eigenvalue weighted by Crippen LogP contribution is -2.49. The van der Waals surface area contributed by atoms with Crippen molar-refractivity contribution in [3.05, 3.63) is 42.5 Å². The summed E-state index contributed by atoms with van der Waals surface area (Å²) in [6.45, 7) is 5.25. The zero-order chi connectivity index (χ0) is 23.5. The molecule has 2 amide bonds. The number of morpholine rings is 1. The molecule has 2 N–H and O–H groups in total. The van der Waals surface area contributed by atoms with Gasteiger partial charge in [-0.05, 0) is 18.1 Å². The number of ether oxygens (including phenoxy) is 2. The fourth-order valence-electron chi connectivity index (χ4n) is 4.58. The minimum absolute atomic E-state index is 0.0854. The van der Waals surface area contributed by atoms with Gasteiger partial charge in [0.2, 0.25) is 5.95 Å². The number of methoxy groups -OCH3 is 1. The monoisotopic (exact) mass is 462 g/mol. The number of hydrogen-bond donors (Lipinski definition) is 1. The highest BCUT2D eigenvalue weighted by Crippen LogP contribution is 2.35. The second kappa shape index (κ2) is 9.72. The normalized spacial score (nSPS) is 17.0. The molecule has 0 saturated carbocycles. The standard InChI is InChI=1S/C25H30N6O3/c1-33-22-17-21-20(16-19(22)18-6-3-2-4-7-18)23(26)28-24(27-21)29-8-5-9-30(11-10-29)25(32)31-12-14-34-15-13-31/h2-4,6-7,16-17H,5,8-15H2,1H3,(H2,26,27,28). The SMILES string of the molecule is COc1cc2nc(N3CCCN(C(=O)N4CCOCC4)CC3)nc(N)c2cc1-c1ccccc1. The van der Waals surface area contributed by atoms with E-state index in [0.717, 1.165) is 40.7 Å². The number of carbonyl (C=O) groups excluding carboxylic acids is 1. The molecule has 34 heavy (non-hydrogen) atoms. The van der Waals surface area contributed by atoms with Gasteiger partial charge in [0.25, 0.3) is 0 Å². The van der Waals surface area contributed by atoms with Crippen molar-refractivity contribution in [1.29, 1.82) is 0 Å². The van der Waals surface area contributed by atoms with Crippen LogP contribution >= 0.6 is 0 Å². The van der Waals surface area contributed by atoms with E-state index in [1.54, 1.807) is 7.11 Å². The van der Waals surface area contributed by atoms with E-state index in [4.69, 9.17) is 20.2 Å². The Hall–Kier alpha value is -3.59. The summed E-state index contributed by atoms with van der Waals surface area (Å²) >= 11 is 0. The van der Waals surface area contributed by atoms with Crippen LogP contribution in [-0.2, 0) is 4.74 Å². The molecule has 0 aliphatic carbocycles. The summed E-state index contributed by atoms with van der Waals surface area (Å²) in [4.78, 5) is 28.3. The Balaban J connectivity index is 1.39. The molecule has 9 heteroatoms. The third kappa shape index (κ3) is 4.43. The van der Waals surface area contributed by atoms with Crippen LogP contribution in [-0.4, -0.2) is 85.4 Å². The van der Waals surface area contributed by atoms with Crippen molar-refractivity contribution in [2.45, 2.75) is 6.42 Å². The topological polar surface area (TPSA) is 97.0 Å². The molecule has 3 aromatic rings. The Bertz CT molecular complexity index is 1170. The lowest BCUT2D eigenvalue weighted by atomic mass is 10.0. The van der Waals surface area contributed by atoms with Crippen molar-refractivity contribution in [3.63, 3.8) is 0 Å². The molecule has 0 bridgehead atoms. The molecule has 2 fully saturated rings. The molecule has 9 nitrogen and oxygen atoms in total. The summed E-state index contributed by atoms with van der Waals surface area (Å²) in [5.41, 5.74) is 9.15. The van der Waals surface area contributed by atoms with Crippen molar-refractivity contribution >= 4 is 28.7 Å². The fraction of sp³-hybridized carbons (Fsp3) is 0.400. The van der Waals surface area contributed by atoms with Crippen molar-refractivity contribution in [3.8, 4) is 16.9 Å². The van der Waals surface area contributed by atoms with Crippen LogP contribution < -0.4 is 15.4 Å². The quantitative estimate of drug-likeness (QED) is 0.639. The number of benzene rings is 2. The Morgan fingerprint density at radius 1 is 0.971 bits per heavy atom. The summed E-state index contributed by atoms with van der Waals surface area (Å²) < 4.78 is 11.1. The number of urea groups is 1. The van der Waals surface area contributed by atoms with Gasteiger partial charge >= 0.3 is 6.03 Å². The maximum atomic E-state index is 12.9. The van der Waals surface area contributed by atoms with Crippen LogP contribution in [0.5, 0.6) is 5.75 Å². The second-order valence-corrected chi connectivity index (χ2v) is 8.55. The molecule has 2 aliphatic heterocycles. The lowest BCUT2D eigenvalue weighted by molar-refractivity contribution is 0.0438. The van der Waals surface area contributed by atoms with E-state index in [2.05, 4.69) is 9.88 Å². The molecule has 0 spiro atoms. The fourth-order valence-corrected chi connectivity index (χ4v) is 4.58. The van der Waals surface area contributed by atoms with Gasteiger partial charge in [0.1, 0.15) is 11.6 Å². The first-order chi connectivity index (χ1) is 16.6. The minimum Gasteiger partial charge on any atom is -0.496 e. The Morgan fingerprint density at radius 2 is 1.74 bits per heavy atom. The molecule has 2 aliphatic rings. The zero-order valence-electron chi connectivity index (χ0n) is 19.4. The van der Waals surface area contributed by atoms with Crippen molar-refractivity contribution < 1.29 is 14.3 Å². The average Bonchev–Trinajstić information content (AvgIpc) is 3.15. The highest BCUT2D eigenvalue weighted by molar-refractivity contribution is 5.95. The summed E-state index contributed by atoms with van der Waals surface area (Å²) in [5.74, 6) is 1.76. The predicted molar refractivity (Wildman–Crippen MR) is 132 cm³/mol. The van der Waals surface area contributed by atoms with Gasteiger partial charge in [-0.15, -0.1) is 0 Å². The molecule has 0 unspecified atom stereocenters. The second-order valence-electron chi connectivity index (χ2n) is 8.55. The van der Waals surface area contributed by atoms with E-state index < -0.39 is 0 Å². The van der Waals surface area contributed by atoms with Crippen molar-refractivity contribution in [1.82, 2.24) is 19.8 Å². The summed E-state index contributed by atoms with van der Waals surface area (Å²) in [6, 6.07) is 14.0. The number of amides is 2. The third-order valence-electron chi connectivity index (χ3n) is 6.45. The number of hydrogen-bond acceptors (Lipinski definition) is 7. The lowest BCUT2D eigenvalue weighted by Gasteiger charge is -2.32. The van der Waals surface area contributed by atoms with Gasteiger partial charge in [-0.1, -0.05) is 30.3 Å². The maximum Gasteiger partial charge on any atom is 0.320 e. The van der Waals surface area contributed by atoms with E-state index in [9.17, 15) is 4.79 Å². The van der Waals surface area contributed by atoms with E-state index >= 15 is 0 Å². The molecule has 0 atom stereocenters. The van der Waals surface area contributed by atoms with Gasteiger partial charge in [0, 0.05) is 56.3 Å². The predicted octanol–water partition coefficient (Wildman–Crippen LogP) is 2.85. The van der Waals surface area contributed by atoms with Gasteiger partial charge in [-0.25, -0.2) is 9.78 Å². The molecule has 5 rings (SSSR count). The summed E-state index contributed by atoms with van der Waals surface area (Å²) in [6.07, 6.45) is 0.841. The number of nitrogens with two attached hydrogens (primary N) is 1. The molecule has 1 aromatic heterocycles. The number of anilines is 2. The Labute approximate surface area is 199 Å². The number of fused-ring (bicyclic) bond motifs is 1. The van der Waals surface area contributed by atoms with E-state index in [1.165, 1.54) is 0 Å². The first kappa shape index (κ1) is 22.2. The summed E-state index contributed by atoms with van der Waals surface area (Å²) in [5, 5.41) is 0.794. The first-order valence-electron chi connectivity index (χ1n) is 11.7. The van der Waals surface area contributed by atoms with Gasteiger partial charge in [-0.3, -0.25) is 0 Å². The molecule has 2 aromatic carbocycles. The van der Waals surface area contributed by atoms with E-state index in [0.29, 0.717) is 57.7 Å². The largest absolute Gasteiger partial charge is 0.496 e. The molecule has 3 heterocycles. The third-order valence-corrected chi connectivity index (χ3v) is 6.45. The highest BCUT2D eigenvalue weighted by Gasteiger charge is 2.26. The van der Waals surface area contributed by atoms with Crippen molar-refractivity contribution in [2.24, 2.45) is 0 Å². The number of nitrogens with zero attached hydrogens (tertiary/aromatic N) is 5. The van der Waals surface area contributed by atoms with Gasteiger partial charge < -0.3 is 29.9 Å². The number of nitrogen functional groups attached to an aromatic ring is 1. The van der Waals surface area contributed by atoms with E-state index in [1.807, 2.05) is 52.3 Å². The smallest absolute Gasteiger partial charge is 0.320 e. The molecular weight excluding hydrogens is 432 g/mol. The van der Waals surface area contributed by atoms with Crippen LogP contribution in [0.4, 0.5) is 16.6 Å². The minimum atomic E-state index is 0.0854. The number of carbonyl (C=O) groups is 1. The van der Waals surface area contributed by atoms with Crippen molar-refractivity contribution in [2.75, 3.05) is 70.2 Å². The van der Waals surface area contributed by atoms with Gasteiger partial charge in [-0.2, -0.15) is 4.98 Å². The zero-order valence-corrected chi connectivity index (χ0v) is 19.4. The van der Waals surface area contributed by atoms with Crippen LogP contribution in [0.15, 0.2) is 42.5 Å². The first-order valence-corrected chi connectivity index (χ1v) is 11.7. The molecular formula is C25H30N6O3. The van der Waals surface area contributed by atoms with Crippen LogP contribution in [0.2, 0.25) is 0 Å². The Kier molecular flexibility index (Phi) is 6.35. The number of rotatable bonds is 3.